The van der Waals surface area contributed by atoms with E-state index in [-0.39, 0.29) is 21.7 Å². The molecule has 0 aliphatic heterocycles. The lowest BCUT2D eigenvalue weighted by Crippen LogP contribution is -2.33. The van der Waals surface area contributed by atoms with E-state index in [0.717, 1.165) is 25.0 Å². The number of nitrogens with two attached hydrogens (primary N) is 1. The van der Waals surface area contributed by atoms with Gasteiger partial charge in [0.15, 0.2) is 5.95 Å². The average molecular weight is 384 g/mol. The van der Waals surface area contributed by atoms with Crippen LogP contribution in [0, 0.1) is 10.8 Å². The predicted octanol–water partition coefficient (Wildman–Crippen LogP) is 6.64. The average Bonchev–Trinajstić information content (AvgIpc) is 2.88. The van der Waals surface area contributed by atoms with Gasteiger partial charge in [-0.25, -0.2) is 4.98 Å². The number of benzene rings is 1. The molecule has 1 heterocycles. The third kappa shape index (κ3) is 5.86. The summed E-state index contributed by atoms with van der Waals surface area (Å²) in [6.07, 6.45) is 3.16. The Labute approximate surface area is 172 Å². The van der Waals surface area contributed by atoms with Crippen LogP contribution in [0.2, 0.25) is 0 Å². The summed E-state index contributed by atoms with van der Waals surface area (Å²) in [5, 5.41) is 0. The fourth-order valence-corrected chi connectivity index (χ4v) is 5.28. The van der Waals surface area contributed by atoms with Crippen molar-refractivity contribution in [1.29, 1.82) is 0 Å². The maximum atomic E-state index is 6.16. The lowest BCUT2D eigenvalue weighted by atomic mass is 9.67. The van der Waals surface area contributed by atoms with Crippen molar-refractivity contribution < 1.29 is 0 Å². The molecule has 1 aromatic carbocycles. The van der Waals surface area contributed by atoms with E-state index in [2.05, 4.69) is 97.6 Å². The van der Waals surface area contributed by atoms with Crippen LogP contribution in [-0.4, -0.2) is 9.97 Å². The Hall–Kier alpha value is -1.77. The van der Waals surface area contributed by atoms with Gasteiger partial charge in [0.1, 0.15) is 0 Å². The molecule has 0 saturated heterocycles. The van der Waals surface area contributed by atoms with Gasteiger partial charge < -0.3 is 10.7 Å². The molecule has 0 unspecified atom stereocenters. The quantitative estimate of drug-likeness (QED) is 0.563. The molecule has 0 aliphatic rings. The highest BCUT2D eigenvalue weighted by atomic mass is 15.0. The number of nitrogens with zero attached hydrogens (tertiary/aromatic N) is 1. The van der Waals surface area contributed by atoms with Crippen molar-refractivity contribution >= 4 is 5.95 Å². The third-order valence-electron chi connectivity index (χ3n) is 5.46. The smallest absolute Gasteiger partial charge is 0.197 e. The van der Waals surface area contributed by atoms with Gasteiger partial charge in [-0.3, -0.25) is 0 Å². The van der Waals surface area contributed by atoms with Gasteiger partial charge in [-0.2, -0.15) is 0 Å². The minimum atomic E-state index is -0.0482. The number of anilines is 1. The Kier molecular flexibility index (Phi) is 6.09. The predicted molar refractivity (Wildman–Crippen MR) is 122 cm³/mol. The van der Waals surface area contributed by atoms with Crippen LogP contribution in [0.1, 0.15) is 92.1 Å². The van der Waals surface area contributed by atoms with Crippen molar-refractivity contribution in [1.82, 2.24) is 9.97 Å². The summed E-state index contributed by atoms with van der Waals surface area (Å²) >= 11 is 0. The molecule has 3 heteroatoms. The number of rotatable bonds is 7. The van der Waals surface area contributed by atoms with Crippen LogP contribution in [0.4, 0.5) is 5.95 Å². The van der Waals surface area contributed by atoms with Crippen molar-refractivity contribution in [2.24, 2.45) is 10.8 Å². The first-order valence-electron chi connectivity index (χ1n) is 10.5. The number of hydrogen-bond acceptors (Lipinski definition) is 2. The lowest BCUT2D eigenvalue weighted by molar-refractivity contribution is 0.242. The first kappa shape index (κ1) is 22.5. The van der Waals surface area contributed by atoms with Crippen LogP contribution in [0.3, 0.4) is 0 Å². The summed E-state index contributed by atoms with van der Waals surface area (Å²) < 4.78 is 0. The van der Waals surface area contributed by atoms with E-state index in [1.165, 1.54) is 11.3 Å². The molecule has 0 saturated carbocycles. The number of hydrogen-bond donors (Lipinski definition) is 2. The van der Waals surface area contributed by atoms with E-state index in [0.29, 0.717) is 5.95 Å². The summed E-state index contributed by atoms with van der Waals surface area (Å²) in [5.74, 6) is 0.529. The molecule has 0 bridgehead atoms. The van der Waals surface area contributed by atoms with Crippen molar-refractivity contribution in [3.8, 4) is 0 Å². The zero-order valence-electron chi connectivity index (χ0n) is 19.5. The van der Waals surface area contributed by atoms with Crippen LogP contribution in [-0.2, 0) is 17.3 Å². The standard InChI is InChI=1S/C25H41N3/c1-22(2,3)16-24(6,7)19-20(28-21(26)27-19)25(8,9)17-23(4,5)15-18-13-11-10-12-14-18/h10-14H,15-17H2,1-9H3,(H3,26,27,28). The second-order valence-corrected chi connectivity index (χ2v) is 11.9. The van der Waals surface area contributed by atoms with Gasteiger partial charge in [0.25, 0.3) is 0 Å². The number of H-pyrrole nitrogens is 1. The highest BCUT2D eigenvalue weighted by Crippen LogP contribution is 2.44. The van der Waals surface area contributed by atoms with Crippen molar-refractivity contribution in [3.63, 3.8) is 0 Å². The van der Waals surface area contributed by atoms with Crippen molar-refractivity contribution in [2.45, 2.75) is 92.4 Å². The maximum Gasteiger partial charge on any atom is 0.197 e. The number of nitrogen functional groups attached to an aromatic ring is 1. The monoisotopic (exact) mass is 383 g/mol. The van der Waals surface area contributed by atoms with Crippen LogP contribution in [0.25, 0.3) is 0 Å². The molecule has 1 aromatic heterocycles. The zero-order chi connectivity index (χ0) is 21.4. The highest BCUT2D eigenvalue weighted by molar-refractivity contribution is 5.36. The van der Waals surface area contributed by atoms with Gasteiger partial charge in [0, 0.05) is 16.5 Å². The van der Waals surface area contributed by atoms with Gasteiger partial charge in [-0.05, 0) is 35.7 Å². The Morgan fingerprint density at radius 2 is 1.39 bits per heavy atom. The Morgan fingerprint density at radius 3 is 1.93 bits per heavy atom. The molecule has 0 spiro atoms. The van der Waals surface area contributed by atoms with Crippen LogP contribution >= 0.6 is 0 Å². The third-order valence-corrected chi connectivity index (χ3v) is 5.46. The van der Waals surface area contributed by atoms with Gasteiger partial charge in [0.2, 0.25) is 0 Å². The first-order chi connectivity index (χ1) is 12.6. The molecule has 0 fully saturated rings. The summed E-state index contributed by atoms with van der Waals surface area (Å²) in [7, 11) is 0. The van der Waals surface area contributed by atoms with Crippen molar-refractivity contribution in [2.75, 3.05) is 5.73 Å². The molecular weight excluding hydrogens is 342 g/mol. The normalized spacial score (nSPS) is 13.8. The van der Waals surface area contributed by atoms with Gasteiger partial charge in [0.05, 0.1) is 5.69 Å². The molecule has 0 atom stereocenters. The second-order valence-electron chi connectivity index (χ2n) is 11.9. The maximum absolute atomic E-state index is 6.16. The van der Waals surface area contributed by atoms with Crippen molar-refractivity contribution in [3.05, 3.63) is 47.3 Å². The van der Waals surface area contributed by atoms with Gasteiger partial charge >= 0.3 is 0 Å². The fraction of sp³-hybridized carbons (Fsp3) is 0.640. The summed E-state index contributed by atoms with van der Waals surface area (Å²) in [5.41, 5.74) is 10.2. The summed E-state index contributed by atoms with van der Waals surface area (Å²) in [6.45, 7) is 20.8. The van der Waals surface area contributed by atoms with E-state index in [4.69, 9.17) is 10.7 Å². The molecule has 0 radical (unpaired) electrons. The minimum absolute atomic E-state index is 0.0391. The molecule has 3 N–H and O–H groups in total. The number of imidazole rings is 1. The van der Waals surface area contributed by atoms with Gasteiger partial charge in [-0.15, -0.1) is 0 Å². The molecule has 0 amide bonds. The number of aromatic amines is 1. The van der Waals surface area contributed by atoms with Crippen LogP contribution < -0.4 is 5.73 Å². The highest BCUT2D eigenvalue weighted by Gasteiger charge is 2.39. The molecule has 28 heavy (non-hydrogen) atoms. The topological polar surface area (TPSA) is 54.7 Å². The Bertz CT molecular complexity index is 774. The van der Waals surface area contributed by atoms with Crippen LogP contribution in [0.15, 0.2) is 30.3 Å². The molecule has 0 aliphatic carbocycles. The number of nitrogens with one attached hydrogen (secondary N) is 1. The largest absolute Gasteiger partial charge is 0.369 e. The molecule has 3 nitrogen and oxygen atoms in total. The molecule has 156 valence electrons. The van der Waals surface area contributed by atoms with Crippen LogP contribution in [0.5, 0.6) is 0 Å². The summed E-state index contributed by atoms with van der Waals surface area (Å²) in [4.78, 5) is 8.20. The molecule has 2 aromatic rings. The Balaban J connectivity index is 2.33. The molecule has 2 rings (SSSR count). The van der Waals surface area contributed by atoms with E-state index >= 15 is 0 Å². The van der Waals surface area contributed by atoms with E-state index in [1.54, 1.807) is 0 Å². The summed E-state index contributed by atoms with van der Waals surface area (Å²) in [6, 6.07) is 10.8. The lowest BCUT2D eigenvalue weighted by Gasteiger charge is -2.38. The molecular formula is C25H41N3. The van der Waals surface area contributed by atoms with E-state index in [1.807, 2.05) is 0 Å². The minimum Gasteiger partial charge on any atom is -0.369 e. The SMILES string of the molecule is CC(C)(C)CC(C)(C)c1nc(N)[nH]c1C(C)(C)CC(C)(C)Cc1ccccc1. The number of aromatic nitrogens is 2. The first-order valence-corrected chi connectivity index (χ1v) is 10.5. The fourth-order valence-electron chi connectivity index (χ4n) is 5.28. The Morgan fingerprint density at radius 1 is 0.821 bits per heavy atom. The zero-order valence-corrected chi connectivity index (χ0v) is 19.5. The van der Waals surface area contributed by atoms with E-state index in [9.17, 15) is 0 Å². The van der Waals surface area contributed by atoms with Gasteiger partial charge in [-0.1, -0.05) is 92.6 Å². The van der Waals surface area contributed by atoms with E-state index < -0.39 is 0 Å². The second kappa shape index (κ2) is 7.57.